The van der Waals surface area contributed by atoms with Crippen LogP contribution in [0.5, 0.6) is 0 Å². The van der Waals surface area contributed by atoms with Crippen molar-refractivity contribution in [2.24, 2.45) is 0 Å². The third-order valence-electron chi connectivity index (χ3n) is 3.73. The number of alkyl halides is 3. The number of ether oxygens (including phenoxy) is 1. The number of halogens is 3. The summed E-state index contributed by atoms with van der Waals surface area (Å²) in [6, 6.07) is 3.27. The number of rotatable bonds is 4. The molecule has 0 aromatic carbocycles. The van der Waals surface area contributed by atoms with E-state index in [0.29, 0.717) is 5.56 Å². The zero-order valence-electron chi connectivity index (χ0n) is 14.7. The van der Waals surface area contributed by atoms with Gasteiger partial charge in [-0.15, -0.1) is 0 Å². The first-order valence-corrected chi connectivity index (χ1v) is 7.95. The van der Waals surface area contributed by atoms with Crippen molar-refractivity contribution < 1.29 is 27.2 Å². The monoisotopic (exact) mass is 393 g/mol. The van der Waals surface area contributed by atoms with E-state index in [4.69, 9.17) is 4.74 Å². The molecule has 0 radical (unpaired) electrons. The largest absolute Gasteiger partial charge is 0.471 e. The van der Waals surface area contributed by atoms with Gasteiger partial charge in [-0.3, -0.25) is 10.3 Å². The molecule has 0 aliphatic rings. The molecule has 0 aliphatic heterocycles. The second-order valence-electron chi connectivity index (χ2n) is 5.81. The molecule has 3 heterocycles. The molecule has 3 aromatic heterocycles. The Kier molecular flexibility index (Phi) is 5.25. The van der Waals surface area contributed by atoms with Gasteiger partial charge in [0.2, 0.25) is 5.82 Å². The van der Waals surface area contributed by atoms with E-state index < -0.39 is 18.2 Å². The minimum Gasteiger partial charge on any atom is -0.444 e. The van der Waals surface area contributed by atoms with E-state index in [1.165, 1.54) is 12.3 Å². The Morgan fingerprint density at radius 3 is 2.68 bits per heavy atom. The number of hydrogen-bond donors (Lipinski definition) is 1. The minimum absolute atomic E-state index is 0.0334. The molecular weight excluding hydrogens is 379 g/mol. The van der Waals surface area contributed by atoms with Gasteiger partial charge in [-0.05, 0) is 37.1 Å². The van der Waals surface area contributed by atoms with Crippen LogP contribution in [0.2, 0.25) is 0 Å². The number of nitrogens with zero attached hydrogens (tertiary/aromatic N) is 4. The molecule has 0 atom stereocenters. The van der Waals surface area contributed by atoms with E-state index in [1.807, 2.05) is 6.92 Å². The highest BCUT2D eigenvalue weighted by atomic mass is 19.4. The summed E-state index contributed by atoms with van der Waals surface area (Å²) in [6.45, 7) is 3.51. The van der Waals surface area contributed by atoms with Crippen molar-refractivity contribution in [3.63, 3.8) is 0 Å². The van der Waals surface area contributed by atoms with Crippen molar-refractivity contribution in [1.29, 1.82) is 0 Å². The molecule has 0 spiro atoms. The highest BCUT2D eigenvalue weighted by molar-refractivity contribution is 5.84. The molecule has 0 aliphatic carbocycles. The zero-order chi connectivity index (χ0) is 20.3. The fourth-order valence-corrected chi connectivity index (χ4v) is 2.21. The predicted molar refractivity (Wildman–Crippen MR) is 90.0 cm³/mol. The average molecular weight is 393 g/mol. The molecule has 1 N–H and O–H groups in total. The van der Waals surface area contributed by atoms with Crippen molar-refractivity contribution in [2.75, 3.05) is 5.32 Å². The molecule has 1 amide bonds. The Bertz CT molecular complexity index is 1000. The molecule has 11 heteroatoms. The van der Waals surface area contributed by atoms with Crippen LogP contribution < -0.4 is 5.32 Å². The first-order chi connectivity index (χ1) is 13.2. The fraction of sp³-hybridized carbons (Fsp3) is 0.235. The highest BCUT2D eigenvalue weighted by Gasteiger charge is 2.38. The van der Waals surface area contributed by atoms with Crippen molar-refractivity contribution in [3.8, 4) is 11.4 Å². The van der Waals surface area contributed by atoms with Gasteiger partial charge < -0.3 is 9.26 Å². The van der Waals surface area contributed by atoms with E-state index in [-0.39, 0.29) is 23.8 Å². The van der Waals surface area contributed by atoms with Gasteiger partial charge in [-0.2, -0.15) is 18.2 Å². The fourth-order valence-electron chi connectivity index (χ4n) is 2.21. The number of aryl methyl sites for hydroxylation is 2. The van der Waals surface area contributed by atoms with E-state index in [9.17, 15) is 18.0 Å². The number of nitrogens with one attached hydrogen (secondary N) is 1. The lowest BCUT2D eigenvalue weighted by molar-refractivity contribution is -0.159. The van der Waals surface area contributed by atoms with Crippen LogP contribution in [0.25, 0.3) is 11.4 Å². The molecule has 0 saturated heterocycles. The lowest BCUT2D eigenvalue weighted by Gasteiger charge is -2.10. The Balaban J connectivity index is 1.66. The number of amides is 1. The molecule has 3 aromatic rings. The molecule has 28 heavy (non-hydrogen) atoms. The molecule has 0 fully saturated rings. The number of carbonyl (C=O) groups is 1. The number of aromatic nitrogens is 4. The van der Waals surface area contributed by atoms with E-state index >= 15 is 0 Å². The van der Waals surface area contributed by atoms with Gasteiger partial charge in [0, 0.05) is 29.7 Å². The second kappa shape index (κ2) is 7.62. The van der Waals surface area contributed by atoms with Crippen molar-refractivity contribution in [2.45, 2.75) is 26.6 Å². The summed E-state index contributed by atoms with van der Waals surface area (Å²) >= 11 is 0. The Hall–Kier alpha value is -3.50. The van der Waals surface area contributed by atoms with Crippen molar-refractivity contribution in [1.82, 2.24) is 20.1 Å². The summed E-state index contributed by atoms with van der Waals surface area (Å²) in [5.41, 5.74) is 2.38. The summed E-state index contributed by atoms with van der Waals surface area (Å²) in [4.78, 5) is 23.2. The summed E-state index contributed by atoms with van der Waals surface area (Å²) in [7, 11) is 0. The van der Waals surface area contributed by atoms with Crippen LogP contribution in [0, 0.1) is 13.8 Å². The number of pyridine rings is 2. The molecule has 0 saturated carbocycles. The van der Waals surface area contributed by atoms with Crippen molar-refractivity contribution >= 4 is 11.9 Å². The molecular formula is C17H14F3N5O3. The van der Waals surface area contributed by atoms with E-state index in [2.05, 4.69) is 29.9 Å². The third kappa shape index (κ3) is 4.42. The molecule has 0 bridgehead atoms. The maximum atomic E-state index is 12.5. The van der Waals surface area contributed by atoms with E-state index in [1.54, 1.807) is 25.4 Å². The zero-order valence-corrected chi connectivity index (χ0v) is 14.7. The number of anilines is 1. The van der Waals surface area contributed by atoms with Gasteiger partial charge in [-0.1, -0.05) is 5.16 Å². The minimum atomic E-state index is -4.73. The maximum Gasteiger partial charge on any atom is 0.471 e. The lowest BCUT2D eigenvalue weighted by Crippen LogP contribution is -2.15. The third-order valence-corrected chi connectivity index (χ3v) is 3.73. The summed E-state index contributed by atoms with van der Waals surface area (Å²) < 4.78 is 47.0. The van der Waals surface area contributed by atoms with Gasteiger partial charge in [-0.25, -0.2) is 9.78 Å². The topological polar surface area (TPSA) is 103 Å². The summed E-state index contributed by atoms with van der Waals surface area (Å²) in [5.74, 6) is -1.52. The number of hydrogen-bond acceptors (Lipinski definition) is 7. The normalized spacial score (nSPS) is 11.3. The van der Waals surface area contributed by atoms with E-state index in [0.717, 1.165) is 11.1 Å². The Morgan fingerprint density at radius 1 is 1.25 bits per heavy atom. The van der Waals surface area contributed by atoms with Crippen LogP contribution in [0.1, 0.15) is 22.6 Å². The van der Waals surface area contributed by atoms with Gasteiger partial charge in [0.15, 0.2) is 0 Å². The number of carbonyl (C=O) groups excluding carboxylic acids is 1. The second-order valence-corrected chi connectivity index (χ2v) is 5.81. The van der Waals surface area contributed by atoms with Crippen LogP contribution in [-0.4, -0.2) is 26.2 Å². The van der Waals surface area contributed by atoms with Crippen LogP contribution >= 0.6 is 0 Å². The van der Waals surface area contributed by atoms with Crippen molar-refractivity contribution in [3.05, 3.63) is 53.3 Å². The van der Waals surface area contributed by atoms with Gasteiger partial charge in [0.1, 0.15) is 12.4 Å². The van der Waals surface area contributed by atoms with Crippen LogP contribution in [0.15, 0.2) is 35.2 Å². The summed E-state index contributed by atoms with van der Waals surface area (Å²) in [6.07, 6.45) is -1.01. The highest BCUT2D eigenvalue weighted by Crippen LogP contribution is 2.29. The maximum absolute atomic E-state index is 12.5. The average Bonchev–Trinajstić information content (AvgIpc) is 3.13. The van der Waals surface area contributed by atoms with Gasteiger partial charge in [0.25, 0.3) is 0 Å². The quantitative estimate of drug-likeness (QED) is 0.717. The van der Waals surface area contributed by atoms with Crippen LogP contribution in [-0.2, 0) is 17.5 Å². The van der Waals surface area contributed by atoms with Crippen LogP contribution in [0.3, 0.4) is 0 Å². The van der Waals surface area contributed by atoms with Gasteiger partial charge in [0.05, 0.1) is 0 Å². The SMILES string of the molecule is Cc1ccncc1COC(=O)Nc1ncc(-c2noc(C(F)(F)F)n2)cc1C. The smallest absolute Gasteiger partial charge is 0.444 e. The van der Waals surface area contributed by atoms with Gasteiger partial charge >= 0.3 is 18.2 Å². The molecule has 3 rings (SSSR count). The summed E-state index contributed by atoms with van der Waals surface area (Å²) in [5, 5.41) is 5.76. The molecule has 0 unspecified atom stereocenters. The first kappa shape index (κ1) is 19.3. The predicted octanol–water partition coefficient (Wildman–Crippen LogP) is 3.91. The van der Waals surface area contributed by atoms with Crippen LogP contribution in [0.4, 0.5) is 23.8 Å². The first-order valence-electron chi connectivity index (χ1n) is 7.95. The Morgan fingerprint density at radius 2 is 2.04 bits per heavy atom. The Labute approximate surface area is 156 Å². The lowest BCUT2D eigenvalue weighted by atomic mass is 10.2. The standard InChI is InChI=1S/C17H14F3N5O3/c1-9-3-4-21-6-12(9)8-27-16(26)24-13-10(2)5-11(7-22-13)14-23-15(28-25-14)17(18,19)20/h3-7H,8H2,1-2H3,(H,22,24,26). The molecule has 8 nitrogen and oxygen atoms in total. The molecule has 146 valence electrons.